The number of fused-ring (bicyclic) bond motifs is 1. The first-order chi connectivity index (χ1) is 12.2. The highest BCUT2D eigenvalue weighted by Gasteiger charge is 2.21. The Bertz CT molecular complexity index is 938. The highest BCUT2D eigenvalue weighted by atomic mass is 19.1. The number of nitrogens with one attached hydrogen (secondary N) is 1. The van der Waals surface area contributed by atoms with Crippen molar-refractivity contribution in [3.8, 4) is 11.4 Å². The molecule has 0 atom stereocenters. The first kappa shape index (κ1) is 15.7. The van der Waals surface area contributed by atoms with Gasteiger partial charge >= 0.3 is 0 Å². The Balaban J connectivity index is 1.57. The molecule has 0 radical (unpaired) electrons. The summed E-state index contributed by atoms with van der Waals surface area (Å²) in [5.41, 5.74) is 3.31. The first-order valence-electron chi connectivity index (χ1n) is 8.19. The smallest absolute Gasteiger partial charge is 0.255 e. The van der Waals surface area contributed by atoms with Crippen molar-refractivity contribution in [1.29, 1.82) is 0 Å². The summed E-state index contributed by atoms with van der Waals surface area (Å²) in [5.74, 6) is 0.127. The highest BCUT2D eigenvalue weighted by molar-refractivity contribution is 5.54. The van der Waals surface area contributed by atoms with Gasteiger partial charge in [-0.05, 0) is 11.6 Å². The molecule has 5 nitrogen and oxygen atoms in total. The second-order valence-corrected chi connectivity index (χ2v) is 6.16. The predicted octanol–water partition coefficient (Wildman–Crippen LogP) is 2.53. The van der Waals surface area contributed by atoms with Crippen molar-refractivity contribution in [3.63, 3.8) is 0 Å². The van der Waals surface area contributed by atoms with E-state index in [1.54, 1.807) is 6.07 Å². The Kier molecular flexibility index (Phi) is 4.11. The summed E-state index contributed by atoms with van der Waals surface area (Å²) in [6, 6.07) is 12.7. The second-order valence-electron chi connectivity index (χ2n) is 6.16. The molecule has 0 fully saturated rings. The van der Waals surface area contributed by atoms with E-state index >= 15 is 0 Å². The van der Waals surface area contributed by atoms with Gasteiger partial charge in [0.2, 0.25) is 5.95 Å². The van der Waals surface area contributed by atoms with Gasteiger partial charge in [-0.3, -0.25) is 9.69 Å². The molecule has 0 spiro atoms. The van der Waals surface area contributed by atoms with E-state index in [1.807, 2.05) is 30.3 Å². The maximum absolute atomic E-state index is 12.9. The average molecular weight is 336 g/mol. The third-order valence-electron chi connectivity index (χ3n) is 4.39. The molecule has 1 N–H and O–H groups in total. The molecule has 3 heterocycles. The van der Waals surface area contributed by atoms with E-state index in [0.29, 0.717) is 30.9 Å². The van der Waals surface area contributed by atoms with Crippen molar-refractivity contribution >= 4 is 0 Å². The van der Waals surface area contributed by atoms with Crippen molar-refractivity contribution in [3.05, 3.63) is 81.8 Å². The fourth-order valence-corrected chi connectivity index (χ4v) is 3.11. The predicted molar refractivity (Wildman–Crippen MR) is 92.3 cm³/mol. The minimum absolute atomic E-state index is 0.0919. The number of rotatable bonds is 3. The highest BCUT2D eigenvalue weighted by Crippen LogP contribution is 2.19. The number of halogens is 1. The van der Waals surface area contributed by atoms with Crippen LogP contribution in [-0.4, -0.2) is 26.4 Å². The Hall–Kier alpha value is -2.86. The summed E-state index contributed by atoms with van der Waals surface area (Å²) < 4.78 is 12.9. The Labute approximate surface area is 144 Å². The van der Waals surface area contributed by atoms with E-state index in [1.165, 1.54) is 12.3 Å². The first-order valence-corrected chi connectivity index (χ1v) is 8.19. The summed E-state index contributed by atoms with van der Waals surface area (Å²) in [4.78, 5) is 25.9. The van der Waals surface area contributed by atoms with E-state index < -0.39 is 5.95 Å². The molecule has 2 aromatic heterocycles. The van der Waals surface area contributed by atoms with Gasteiger partial charge in [0.05, 0.1) is 11.3 Å². The molecule has 0 bridgehead atoms. The molecule has 0 amide bonds. The van der Waals surface area contributed by atoms with Gasteiger partial charge in [-0.25, -0.2) is 9.97 Å². The number of pyridine rings is 1. The molecular weight excluding hydrogens is 319 g/mol. The molecule has 126 valence electrons. The summed E-state index contributed by atoms with van der Waals surface area (Å²) in [6.07, 6.45) is 2.25. The molecule has 6 heteroatoms. The van der Waals surface area contributed by atoms with Crippen LogP contribution in [0.15, 0.2) is 53.5 Å². The summed E-state index contributed by atoms with van der Waals surface area (Å²) >= 11 is 0. The van der Waals surface area contributed by atoms with Crippen LogP contribution in [0.3, 0.4) is 0 Å². The third kappa shape index (κ3) is 3.34. The van der Waals surface area contributed by atoms with Gasteiger partial charge in [0.1, 0.15) is 5.82 Å². The SMILES string of the molecule is O=c1[nH]c(-c2ccccc2)nc2c1CN(Cc1ccc(F)nc1)CC2. The topological polar surface area (TPSA) is 61.9 Å². The molecule has 3 aromatic rings. The molecule has 0 saturated heterocycles. The number of hydrogen-bond acceptors (Lipinski definition) is 4. The van der Waals surface area contributed by atoms with Crippen LogP contribution in [0.2, 0.25) is 0 Å². The molecule has 0 saturated carbocycles. The van der Waals surface area contributed by atoms with E-state index in [4.69, 9.17) is 0 Å². The van der Waals surface area contributed by atoms with Crippen LogP contribution in [0.25, 0.3) is 11.4 Å². The van der Waals surface area contributed by atoms with Crippen molar-refractivity contribution in [2.75, 3.05) is 6.54 Å². The molecule has 1 aliphatic heterocycles. The maximum atomic E-state index is 12.9. The fourth-order valence-electron chi connectivity index (χ4n) is 3.11. The van der Waals surface area contributed by atoms with Crippen LogP contribution in [0.5, 0.6) is 0 Å². The summed E-state index contributed by atoms with van der Waals surface area (Å²) in [5, 5.41) is 0. The van der Waals surface area contributed by atoms with Gasteiger partial charge in [0, 0.05) is 37.8 Å². The van der Waals surface area contributed by atoms with Gasteiger partial charge in [-0.1, -0.05) is 36.4 Å². The Morgan fingerprint density at radius 2 is 2.00 bits per heavy atom. The standard InChI is InChI=1S/C19H17FN4O/c20-17-7-6-13(10-21-17)11-24-9-8-16-15(12-24)19(25)23-18(22-16)14-4-2-1-3-5-14/h1-7,10H,8-9,11-12H2,(H,22,23,25). The minimum Gasteiger partial charge on any atom is -0.306 e. The second kappa shape index (κ2) is 6.57. The fraction of sp³-hybridized carbons (Fsp3) is 0.211. The lowest BCUT2D eigenvalue weighted by molar-refractivity contribution is 0.241. The van der Waals surface area contributed by atoms with Gasteiger partial charge in [-0.2, -0.15) is 4.39 Å². The van der Waals surface area contributed by atoms with E-state index in [0.717, 1.165) is 23.4 Å². The van der Waals surface area contributed by atoms with E-state index in [2.05, 4.69) is 19.9 Å². The summed E-state index contributed by atoms with van der Waals surface area (Å²) in [7, 11) is 0. The molecule has 4 rings (SSSR count). The summed E-state index contributed by atoms with van der Waals surface area (Å²) in [6.45, 7) is 1.96. The van der Waals surface area contributed by atoms with Crippen LogP contribution in [0.4, 0.5) is 4.39 Å². The van der Waals surface area contributed by atoms with Crippen LogP contribution in [0, 0.1) is 5.95 Å². The zero-order valence-corrected chi connectivity index (χ0v) is 13.6. The maximum Gasteiger partial charge on any atom is 0.255 e. The minimum atomic E-state index is -0.484. The van der Waals surface area contributed by atoms with Crippen molar-refractivity contribution in [2.45, 2.75) is 19.5 Å². The molecule has 1 aliphatic rings. The van der Waals surface area contributed by atoms with Gasteiger partial charge in [0.25, 0.3) is 5.56 Å². The molecule has 25 heavy (non-hydrogen) atoms. The number of aromatic nitrogens is 3. The monoisotopic (exact) mass is 336 g/mol. The van der Waals surface area contributed by atoms with Crippen molar-refractivity contribution in [1.82, 2.24) is 19.9 Å². The lowest BCUT2D eigenvalue weighted by atomic mass is 10.1. The number of aromatic amines is 1. The Morgan fingerprint density at radius 3 is 2.76 bits per heavy atom. The molecular formula is C19H17FN4O. The lowest BCUT2D eigenvalue weighted by Crippen LogP contribution is -2.35. The quantitative estimate of drug-likeness (QED) is 0.747. The zero-order valence-electron chi connectivity index (χ0n) is 13.6. The number of benzene rings is 1. The van der Waals surface area contributed by atoms with Crippen LogP contribution in [-0.2, 0) is 19.5 Å². The normalized spacial score (nSPS) is 14.3. The largest absolute Gasteiger partial charge is 0.306 e. The average Bonchev–Trinajstić information content (AvgIpc) is 2.65. The Morgan fingerprint density at radius 1 is 1.16 bits per heavy atom. The van der Waals surface area contributed by atoms with Crippen molar-refractivity contribution in [2.24, 2.45) is 0 Å². The van der Waals surface area contributed by atoms with E-state index in [9.17, 15) is 9.18 Å². The van der Waals surface area contributed by atoms with Crippen LogP contribution < -0.4 is 5.56 Å². The molecule has 0 unspecified atom stereocenters. The number of nitrogens with zero attached hydrogens (tertiary/aromatic N) is 3. The van der Waals surface area contributed by atoms with Crippen molar-refractivity contribution < 1.29 is 4.39 Å². The van der Waals surface area contributed by atoms with E-state index in [-0.39, 0.29) is 5.56 Å². The van der Waals surface area contributed by atoms with Crippen LogP contribution in [0.1, 0.15) is 16.8 Å². The molecule has 0 aliphatic carbocycles. The van der Waals surface area contributed by atoms with Gasteiger partial charge in [0.15, 0.2) is 0 Å². The number of hydrogen-bond donors (Lipinski definition) is 1. The zero-order chi connectivity index (χ0) is 17.2. The van der Waals surface area contributed by atoms with Gasteiger partial charge < -0.3 is 4.98 Å². The lowest BCUT2D eigenvalue weighted by Gasteiger charge is -2.27. The number of H-pyrrole nitrogens is 1. The van der Waals surface area contributed by atoms with Crippen LogP contribution >= 0.6 is 0 Å². The third-order valence-corrected chi connectivity index (χ3v) is 4.39. The van der Waals surface area contributed by atoms with Gasteiger partial charge in [-0.15, -0.1) is 0 Å². The molecule has 1 aromatic carbocycles.